The summed E-state index contributed by atoms with van der Waals surface area (Å²) in [5.41, 5.74) is -1.61. The van der Waals surface area contributed by atoms with Crippen LogP contribution >= 0.6 is 7.81 Å². The van der Waals surface area contributed by atoms with Crippen molar-refractivity contribution in [3.8, 4) is 0 Å². The molecule has 0 bridgehead atoms. The number of aliphatic imine (C=N–C) groups is 2. The van der Waals surface area contributed by atoms with Gasteiger partial charge < -0.3 is 52.7 Å². The van der Waals surface area contributed by atoms with Crippen molar-refractivity contribution in [2.75, 3.05) is 0 Å². The molecule has 0 aliphatic heterocycles. The van der Waals surface area contributed by atoms with E-state index < -0.39 is 35.4 Å². The predicted octanol–water partition coefficient (Wildman–Crippen LogP) is -1.84. The number of nitrogens with one attached hydrogen (secondary N) is 4. The van der Waals surface area contributed by atoms with Gasteiger partial charge in [-0.15, -0.1) is 0 Å². The monoisotopic (exact) mass is 716 g/mol. The first-order valence-corrected chi connectivity index (χ1v) is 10.8. The molecule has 3 rings (SSSR count). The Hall–Kier alpha value is -4.52. The van der Waals surface area contributed by atoms with E-state index in [0.717, 1.165) is 0 Å². The first-order chi connectivity index (χ1) is 16.7. The first kappa shape index (κ1) is 51.2. The topological polar surface area (TPSA) is 396 Å². The summed E-state index contributed by atoms with van der Waals surface area (Å²) >= 11 is 0. The summed E-state index contributed by atoms with van der Waals surface area (Å²) in [6.07, 6.45) is 5.05. The molecule has 0 fully saturated rings. The zero-order chi connectivity index (χ0) is 28.5. The Morgan fingerprint density at radius 3 is 1.28 bits per heavy atom. The second kappa shape index (κ2) is 18.8. The molecule has 16 N–H and O–H groups in total. The van der Waals surface area contributed by atoms with Gasteiger partial charge in [-0.1, -0.05) is 6.07 Å². The molecular formula is C15H23F6N8O12PZn+2. The third kappa shape index (κ3) is 27.4. The number of hydrogen-bond donors (Lipinski definition) is 4. The van der Waals surface area contributed by atoms with Crippen LogP contribution in [-0.2, 0) is 30.4 Å². The predicted molar refractivity (Wildman–Crippen MR) is 139 cm³/mol. The van der Waals surface area contributed by atoms with E-state index in [2.05, 4.69) is 34.9 Å². The molecule has 20 nitrogen and oxygen atoms in total. The molecule has 3 heterocycles. The van der Waals surface area contributed by atoms with E-state index >= 15 is 0 Å². The van der Waals surface area contributed by atoms with E-state index in [1.165, 1.54) is 24.8 Å². The van der Waals surface area contributed by atoms with E-state index in [0.29, 0.717) is 11.4 Å². The molecule has 0 aliphatic rings. The minimum absolute atomic E-state index is 0. The molecule has 0 saturated carbocycles. The summed E-state index contributed by atoms with van der Waals surface area (Å²) in [6, 6.07) is 4.98. The summed E-state index contributed by atoms with van der Waals surface area (Å²) in [4.78, 5) is 74.2. The van der Waals surface area contributed by atoms with Crippen LogP contribution in [0.1, 0.15) is 11.4 Å². The molecule has 0 aliphatic carbocycles. The standard InChI is InChI=1S/C15H11N7O4.F6P.NO3.5H2O.Zn/c23-12-10(6-18-14(25)21-12)16-4-8-2-1-3-9(20-8)5-17-11-7-19-15(26)22-13(11)24;1-7(2,3,4,5)6;2-1(3)4;;;;;;/h1-7H,(H2,18,21,23,25)(H2,19,22,24,26);;;5*1H2;/q;2*-1;;;;;;+2/p+2. The summed E-state index contributed by atoms with van der Waals surface area (Å²) in [6.45, 7) is 0. The van der Waals surface area contributed by atoms with Gasteiger partial charge in [0.2, 0.25) is 0 Å². The number of pyridine rings is 1. The Morgan fingerprint density at radius 1 is 0.744 bits per heavy atom. The number of rotatable bonds is 4. The maximum absolute atomic E-state index is 11.6. The number of hydrogen-bond acceptors (Lipinski definition) is 10. The number of aromatic amines is 4. The molecular weight excluding hydrogens is 695 g/mol. The number of nitrogens with zero attached hydrogens (tertiary/aromatic N) is 4. The molecule has 0 unspecified atom stereocenters. The Labute approximate surface area is 242 Å². The Morgan fingerprint density at radius 2 is 1.02 bits per heavy atom. The largest absolute Gasteiger partial charge is 2.00 e. The van der Waals surface area contributed by atoms with Crippen molar-refractivity contribution in [3.05, 3.63) is 99.0 Å². The maximum atomic E-state index is 11.6. The van der Waals surface area contributed by atoms with E-state index in [1.54, 1.807) is 18.2 Å². The van der Waals surface area contributed by atoms with Crippen molar-refractivity contribution < 1.29 is 77.1 Å². The minimum atomic E-state index is -10.7. The fourth-order valence-corrected chi connectivity index (χ4v) is 1.88. The SMILES string of the molecule is F[P-](F)(F)(F)(F)F.O.O.O.O=[N+]([O-])[O-].O=c1[nH]cc(N=Cc2cccc(C=Nc3c[nH]c(=O)[nH]c3=O)n2)c(=O)[nH]1.[OH3+].[OH3+].[Zn+2]. The van der Waals surface area contributed by atoms with E-state index in [9.17, 15) is 44.4 Å². The number of H-pyrrole nitrogens is 4. The molecule has 0 spiro atoms. The van der Waals surface area contributed by atoms with Crippen LogP contribution in [0.2, 0.25) is 0 Å². The van der Waals surface area contributed by atoms with Gasteiger partial charge in [0.1, 0.15) is 11.4 Å². The normalized spacial score (nSPS) is 11.2. The molecule has 0 radical (unpaired) electrons. The van der Waals surface area contributed by atoms with Crippen LogP contribution in [-0.4, -0.2) is 58.9 Å². The van der Waals surface area contributed by atoms with E-state index in [-0.39, 0.29) is 58.2 Å². The Balaban J connectivity index is -0.000000175. The molecule has 3 aromatic rings. The maximum Gasteiger partial charge on any atom is 2.00 e. The molecule has 43 heavy (non-hydrogen) atoms. The van der Waals surface area contributed by atoms with Gasteiger partial charge in [-0.2, -0.15) is 0 Å². The van der Waals surface area contributed by atoms with Crippen molar-refractivity contribution in [2.45, 2.75) is 0 Å². The van der Waals surface area contributed by atoms with Crippen LogP contribution in [0.3, 0.4) is 0 Å². The second-order valence-electron chi connectivity index (χ2n) is 6.10. The van der Waals surface area contributed by atoms with Gasteiger partial charge >= 0.3 is 63.8 Å². The van der Waals surface area contributed by atoms with Crippen LogP contribution in [0.4, 0.5) is 36.6 Å². The van der Waals surface area contributed by atoms with Crippen LogP contribution < -0.4 is 22.5 Å². The second-order valence-corrected chi connectivity index (χ2v) is 8.02. The van der Waals surface area contributed by atoms with Crippen molar-refractivity contribution >= 4 is 31.6 Å². The quantitative estimate of drug-likeness (QED) is 0.0450. The van der Waals surface area contributed by atoms with Crippen LogP contribution in [0.15, 0.2) is 59.8 Å². The van der Waals surface area contributed by atoms with Gasteiger partial charge in [0.15, 0.2) is 0 Å². The van der Waals surface area contributed by atoms with E-state index in [1.807, 2.05) is 0 Å². The fourth-order valence-electron chi connectivity index (χ4n) is 1.88. The third-order valence-electron chi connectivity index (χ3n) is 3.06. The van der Waals surface area contributed by atoms with E-state index in [4.69, 9.17) is 15.3 Å². The smallest absolute Gasteiger partial charge is 0.457 e. The molecule has 0 atom stereocenters. The third-order valence-corrected chi connectivity index (χ3v) is 3.06. The summed E-state index contributed by atoms with van der Waals surface area (Å²) in [7, 11) is -10.7. The van der Waals surface area contributed by atoms with Gasteiger partial charge in [0.05, 0.1) is 28.9 Å². The van der Waals surface area contributed by atoms with Crippen LogP contribution in [0, 0.1) is 15.3 Å². The van der Waals surface area contributed by atoms with Gasteiger partial charge in [0.25, 0.3) is 11.1 Å². The fraction of sp³-hybridized carbons (Fsp3) is 0. The van der Waals surface area contributed by atoms with Crippen molar-refractivity contribution in [1.82, 2.24) is 24.9 Å². The summed E-state index contributed by atoms with van der Waals surface area (Å²) in [5, 5.41) is 14.8. The molecule has 3 aromatic heterocycles. The average molecular weight is 718 g/mol. The molecule has 0 amide bonds. The van der Waals surface area contributed by atoms with Crippen molar-refractivity contribution in [1.29, 1.82) is 0 Å². The molecule has 0 saturated heterocycles. The number of aromatic nitrogens is 5. The molecule has 0 aromatic carbocycles. The zero-order valence-corrected chi connectivity index (χ0v) is 24.6. The Kier molecular flexibility index (Phi) is 22.4. The summed E-state index contributed by atoms with van der Waals surface area (Å²) in [5.74, 6) is 0. The minimum Gasteiger partial charge on any atom is -0.457 e. The van der Waals surface area contributed by atoms with Crippen molar-refractivity contribution in [3.63, 3.8) is 0 Å². The van der Waals surface area contributed by atoms with Crippen LogP contribution in [0.5, 0.6) is 0 Å². The van der Waals surface area contributed by atoms with Crippen LogP contribution in [0.25, 0.3) is 0 Å². The Bertz CT molecular complexity index is 1470. The first-order valence-electron chi connectivity index (χ1n) is 8.77. The number of halogens is 6. The summed E-state index contributed by atoms with van der Waals surface area (Å²) < 4.78 is 59.2. The zero-order valence-electron chi connectivity index (χ0n) is 20.8. The average Bonchev–Trinajstić information content (AvgIpc) is 2.70. The molecule has 242 valence electrons. The van der Waals surface area contributed by atoms with Gasteiger partial charge in [-0.25, -0.2) is 24.6 Å². The van der Waals surface area contributed by atoms with Crippen molar-refractivity contribution in [2.24, 2.45) is 9.98 Å². The molecule has 28 heteroatoms. The van der Waals surface area contributed by atoms with Gasteiger partial charge in [-0.05, 0) is 12.1 Å². The van der Waals surface area contributed by atoms with Gasteiger partial charge in [-0.3, -0.25) is 19.6 Å². The van der Waals surface area contributed by atoms with Gasteiger partial charge in [0, 0.05) is 12.4 Å².